The van der Waals surface area contributed by atoms with E-state index in [1.165, 1.54) is 18.2 Å². The maximum Gasteiger partial charge on any atom is 0.573 e. The smallest absolute Gasteiger partial charge is 0.406 e. The zero-order valence-electron chi connectivity index (χ0n) is 19.7. The molecule has 1 fully saturated rings. The van der Waals surface area contributed by atoms with E-state index in [0.29, 0.717) is 42.1 Å². The number of hydrogen-bond acceptors (Lipinski definition) is 5. The minimum absolute atomic E-state index is 0.144. The van der Waals surface area contributed by atoms with Gasteiger partial charge in [0.25, 0.3) is 5.91 Å². The Hall–Kier alpha value is -3.57. The summed E-state index contributed by atoms with van der Waals surface area (Å²) in [5.74, 6) is -1.69. The fourth-order valence-corrected chi connectivity index (χ4v) is 3.88. The van der Waals surface area contributed by atoms with E-state index in [1.54, 1.807) is 24.3 Å². The van der Waals surface area contributed by atoms with Crippen LogP contribution in [-0.4, -0.2) is 55.8 Å². The van der Waals surface area contributed by atoms with Crippen LogP contribution in [-0.2, 0) is 9.59 Å². The molecular formula is C25H26ClF3N4O4. The molecule has 2 aromatic rings. The fraction of sp³-hybridized carbons (Fsp3) is 0.320. The fourth-order valence-electron chi connectivity index (χ4n) is 3.75. The van der Waals surface area contributed by atoms with Crippen molar-refractivity contribution >= 4 is 35.4 Å². The van der Waals surface area contributed by atoms with Crippen molar-refractivity contribution in [2.24, 2.45) is 0 Å². The predicted molar refractivity (Wildman–Crippen MR) is 132 cm³/mol. The SMILES string of the molecule is O=C(C=Cc1cccc(OC(F)(F)F)c1)NC1(C(=O)NCCNC(=O)c2ccc(Cl)cc2)CCNCC1. The Morgan fingerprint density at radius 3 is 2.38 bits per heavy atom. The molecule has 3 amide bonds. The molecule has 37 heavy (non-hydrogen) atoms. The Kier molecular flexibility index (Phi) is 9.54. The molecule has 0 aromatic heterocycles. The Morgan fingerprint density at radius 1 is 1.03 bits per heavy atom. The maximum atomic E-state index is 13.0. The van der Waals surface area contributed by atoms with Gasteiger partial charge in [-0.3, -0.25) is 14.4 Å². The molecule has 0 bridgehead atoms. The highest BCUT2D eigenvalue weighted by molar-refractivity contribution is 6.30. The van der Waals surface area contributed by atoms with E-state index < -0.39 is 29.5 Å². The van der Waals surface area contributed by atoms with Crippen molar-refractivity contribution in [2.75, 3.05) is 26.2 Å². The molecule has 3 rings (SSSR count). The van der Waals surface area contributed by atoms with Gasteiger partial charge in [0.1, 0.15) is 11.3 Å². The van der Waals surface area contributed by atoms with Crippen LogP contribution >= 0.6 is 11.6 Å². The monoisotopic (exact) mass is 538 g/mol. The Balaban J connectivity index is 1.55. The van der Waals surface area contributed by atoms with Crippen LogP contribution in [0.25, 0.3) is 6.08 Å². The van der Waals surface area contributed by atoms with Crippen molar-refractivity contribution in [1.29, 1.82) is 0 Å². The third-order valence-corrected chi connectivity index (χ3v) is 5.83. The first-order valence-electron chi connectivity index (χ1n) is 11.5. The summed E-state index contributed by atoms with van der Waals surface area (Å²) in [4.78, 5) is 37.8. The number of nitrogens with one attached hydrogen (secondary N) is 4. The van der Waals surface area contributed by atoms with Crippen molar-refractivity contribution in [3.8, 4) is 5.75 Å². The highest BCUT2D eigenvalue weighted by atomic mass is 35.5. The number of alkyl halides is 3. The topological polar surface area (TPSA) is 109 Å². The predicted octanol–water partition coefficient (Wildman–Crippen LogP) is 3.04. The number of hydrogen-bond donors (Lipinski definition) is 4. The molecule has 1 aliphatic rings. The summed E-state index contributed by atoms with van der Waals surface area (Å²) in [6, 6.07) is 11.5. The summed E-state index contributed by atoms with van der Waals surface area (Å²) in [5.41, 5.74) is -0.425. The molecule has 0 spiro atoms. The molecule has 0 aliphatic carbocycles. The Labute approximate surface area is 216 Å². The summed E-state index contributed by atoms with van der Waals surface area (Å²) in [5, 5.41) is 11.8. The summed E-state index contributed by atoms with van der Waals surface area (Å²) in [6.45, 7) is 1.32. The molecule has 198 valence electrons. The quantitative estimate of drug-likeness (QED) is 0.290. The number of amides is 3. The molecule has 1 heterocycles. The lowest BCUT2D eigenvalue weighted by Crippen LogP contribution is -2.63. The number of carbonyl (C=O) groups excluding carboxylic acids is 3. The number of halogens is 4. The van der Waals surface area contributed by atoms with E-state index in [1.807, 2.05) is 0 Å². The van der Waals surface area contributed by atoms with Crippen LogP contribution in [0.15, 0.2) is 54.6 Å². The summed E-state index contributed by atoms with van der Waals surface area (Å²) < 4.78 is 41.2. The van der Waals surface area contributed by atoms with Crippen molar-refractivity contribution in [3.63, 3.8) is 0 Å². The van der Waals surface area contributed by atoms with Gasteiger partial charge in [-0.25, -0.2) is 0 Å². The molecule has 0 unspecified atom stereocenters. The highest BCUT2D eigenvalue weighted by Gasteiger charge is 2.40. The molecule has 1 saturated heterocycles. The molecule has 1 aliphatic heterocycles. The Morgan fingerprint density at radius 2 is 1.70 bits per heavy atom. The van der Waals surface area contributed by atoms with Crippen LogP contribution in [0.2, 0.25) is 5.02 Å². The first-order chi connectivity index (χ1) is 17.6. The third kappa shape index (κ3) is 8.80. The van der Waals surface area contributed by atoms with E-state index in [4.69, 9.17) is 11.6 Å². The number of rotatable bonds is 9. The van der Waals surface area contributed by atoms with Gasteiger partial charge in [-0.2, -0.15) is 0 Å². The number of benzene rings is 2. The van der Waals surface area contributed by atoms with Crippen molar-refractivity contribution in [2.45, 2.75) is 24.7 Å². The van der Waals surface area contributed by atoms with E-state index in [9.17, 15) is 27.6 Å². The van der Waals surface area contributed by atoms with E-state index in [-0.39, 0.29) is 19.0 Å². The maximum absolute atomic E-state index is 13.0. The molecule has 4 N–H and O–H groups in total. The molecule has 0 atom stereocenters. The second kappa shape index (κ2) is 12.6. The lowest BCUT2D eigenvalue weighted by molar-refractivity contribution is -0.274. The lowest BCUT2D eigenvalue weighted by atomic mass is 9.87. The number of piperidine rings is 1. The average molecular weight is 539 g/mol. The number of ether oxygens (including phenoxy) is 1. The van der Waals surface area contributed by atoms with Gasteiger partial charge in [0.15, 0.2) is 0 Å². The van der Waals surface area contributed by atoms with E-state index in [0.717, 1.165) is 18.2 Å². The van der Waals surface area contributed by atoms with Gasteiger partial charge < -0.3 is 26.0 Å². The highest BCUT2D eigenvalue weighted by Crippen LogP contribution is 2.24. The summed E-state index contributed by atoms with van der Waals surface area (Å²) in [6.07, 6.45) is -1.67. The van der Waals surface area contributed by atoms with Gasteiger partial charge >= 0.3 is 6.36 Å². The van der Waals surface area contributed by atoms with Gasteiger partial charge in [0.2, 0.25) is 11.8 Å². The second-order valence-corrected chi connectivity index (χ2v) is 8.73. The van der Waals surface area contributed by atoms with Crippen molar-refractivity contribution in [1.82, 2.24) is 21.3 Å². The molecule has 0 radical (unpaired) electrons. The molecule has 8 nitrogen and oxygen atoms in total. The van der Waals surface area contributed by atoms with Crippen LogP contribution < -0.4 is 26.0 Å². The van der Waals surface area contributed by atoms with Crippen LogP contribution in [0.3, 0.4) is 0 Å². The molecule has 12 heteroatoms. The molecule has 2 aromatic carbocycles. The number of carbonyl (C=O) groups is 3. The van der Waals surface area contributed by atoms with Gasteiger partial charge in [0.05, 0.1) is 0 Å². The molecule has 0 saturated carbocycles. The zero-order chi connectivity index (χ0) is 26.9. The van der Waals surface area contributed by atoms with Gasteiger partial charge in [-0.1, -0.05) is 23.7 Å². The normalized spacial score (nSPS) is 15.1. The lowest BCUT2D eigenvalue weighted by Gasteiger charge is -2.36. The summed E-state index contributed by atoms with van der Waals surface area (Å²) >= 11 is 5.82. The molecular weight excluding hydrogens is 513 g/mol. The summed E-state index contributed by atoms with van der Waals surface area (Å²) in [7, 11) is 0. The zero-order valence-corrected chi connectivity index (χ0v) is 20.4. The largest absolute Gasteiger partial charge is 0.573 e. The van der Waals surface area contributed by atoms with E-state index >= 15 is 0 Å². The van der Waals surface area contributed by atoms with Gasteiger partial charge in [0, 0.05) is 29.8 Å². The van der Waals surface area contributed by atoms with Gasteiger partial charge in [-0.05, 0) is 74.0 Å². The Bertz CT molecular complexity index is 1130. The standard InChI is InChI=1S/C25H26ClF3N4O4/c26-19-7-5-18(6-8-19)22(35)31-14-15-32-23(36)24(10-12-30-13-11-24)33-21(34)9-4-17-2-1-3-20(16-17)37-25(27,28)29/h1-9,16,30H,10-15H2,(H,31,35)(H,32,36)(H,33,34). The minimum Gasteiger partial charge on any atom is -0.406 e. The van der Waals surface area contributed by atoms with Crippen LogP contribution in [0, 0.1) is 0 Å². The first-order valence-corrected chi connectivity index (χ1v) is 11.8. The van der Waals surface area contributed by atoms with E-state index in [2.05, 4.69) is 26.0 Å². The van der Waals surface area contributed by atoms with Crippen LogP contribution in [0.1, 0.15) is 28.8 Å². The van der Waals surface area contributed by atoms with Crippen molar-refractivity contribution in [3.05, 3.63) is 70.8 Å². The first kappa shape index (κ1) is 28.0. The third-order valence-electron chi connectivity index (χ3n) is 5.58. The van der Waals surface area contributed by atoms with Gasteiger partial charge in [-0.15, -0.1) is 13.2 Å². The minimum atomic E-state index is -4.83. The van der Waals surface area contributed by atoms with Crippen molar-refractivity contribution < 1.29 is 32.3 Å². The van der Waals surface area contributed by atoms with Crippen LogP contribution in [0.5, 0.6) is 5.75 Å². The average Bonchev–Trinajstić information content (AvgIpc) is 2.85. The van der Waals surface area contributed by atoms with Crippen LogP contribution in [0.4, 0.5) is 13.2 Å². The second-order valence-electron chi connectivity index (χ2n) is 8.29.